The Bertz CT molecular complexity index is 1330. The molecular formula is C23H23N5O6S. The van der Waals surface area contributed by atoms with E-state index in [1.807, 2.05) is 0 Å². The lowest BCUT2D eigenvalue weighted by Gasteiger charge is -2.14. The molecule has 1 amide bonds. The number of carbonyl (C=O) groups is 2. The largest absolute Gasteiger partial charge is 0.507 e. The molecule has 1 aromatic heterocycles. The van der Waals surface area contributed by atoms with Gasteiger partial charge in [-0.2, -0.15) is 10.2 Å². The van der Waals surface area contributed by atoms with Crippen molar-refractivity contribution in [2.45, 2.75) is 11.8 Å². The van der Waals surface area contributed by atoms with Gasteiger partial charge in [-0.3, -0.25) is 9.52 Å². The number of anilines is 1. The lowest BCUT2D eigenvalue weighted by atomic mass is 10.2. The summed E-state index contributed by atoms with van der Waals surface area (Å²) in [5.74, 6) is -1.40. The number of aromatic nitrogens is 1. The lowest BCUT2D eigenvalue weighted by Crippen LogP contribution is -2.30. The molecule has 0 aliphatic carbocycles. The van der Waals surface area contributed by atoms with Gasteiger partial charge in [0.25, 0.3) is 15.9 Å². The Morgan fingerprint density at radius 2 is 1.74 bits per heavy atom. The molecule has 12 heteroatoms. The number of esters is 1. The molecule has 0 atom stereocenters. The van der Waals surface area contributed by atoms with E-state index in [9.17, 15) is 23.1 Å². The zero-order chi connectivity index (χ0) is 25.4. The molecule has 0 saturated heterocycles. The maximum atomic E-state index is 12.5. The first-order valence-electron chi connectivity index (χ1n) is 10.4. The number of phenolic OH excluding ortho intramolecular Hbond substituents is 1. The highest BCUT2D eigenvalue weighted by Crippen LogP contribution is 2.26. The molecule has 3 rings (SSSR count). The predicted octanol–water partition coefficient (Wildman–Crippen LogP) is 3.64. The third-order valence-corrected chi connectivity index (χ3v) is 6.13. The fourth-order valence-corrected chi connectivity index (χ4v) is 3.68. The number of pyridine rings is 1. The molecule has 3 aromatic rings. The van der Waals surface area contributed by atoms with Gasteiger partial charge in [0.05, 0.1) is 16.3 Å². The summed E-state index contributed by atoms with van der Waals surface area (Å²) in [5.41, 5.74) is 0.419. The van der Waals surface area contributed by atoms with Crippen LogP contribution in [-0.4, -0.2) is 55.5 Å². The zero-order valence-electron chi connectivity index (χ0n) is 19.0. The monoisotopic (exact) mass is 497 g/mol. The molecular weight excluding hydrogens is 474 g/mol. The molecule has 0 spiro atoms. The first-order valence-corrected chi connectivity index (χ1v) is 11.9. The van der Waals surface area contributed by atoms with Gasteiger partial charge in [0.2, 0.25) is 0 Å². The number of sulfonamides is 1. The highest BCUT2D eigenvalue weighted by Gasteiger charge is 2.17. The minimum Gasteiger partial charge on any atom is -0.507 e. The Labute approximate surface area is 202 Å². The van der Waals surface area contributed by atoms with E-state index in [0.717, 1.165) is 0 Å². The van der Waals surface area contributed by atoms with E-state index in [1.54, 1.807) is 26.1 Å². The normalized spacial score (nSPS) is 11.3. The Morgan fingerprint density at radius 1 is 1.06 bits per heavy atom. The average Bonchev–Trinajstić information content (AvgIpc) is 2.86. The second-order valence-corrected chi connectivity index (χ2v) is 8.88. The number of nitrogens with one attached hydrogen (secondary N) is 1. The molecule has 0 unspecified atom stereocenters. The number of phenols is 1. The van der Waals surface area contributed by atoms with Crippen molar-refractivity contribution in [2.75, 3.05) is 24.9 Å². The summed E-state index contributed by atoms with van der Waals surface area (Å²) in [4.78, 5) is 29.4. The molecule has 0 fully saturated rings. The van der Waals surface area contributed by atoms with Gasteiger partial charge in [0.1, 0.15) is 17.1 Å². The van der Waals surface area contributed by atoms with Crippen LogP contribution >= 0.6 is 0 Å². The summed E-state index contributed by atoms with van der Waals surface area (Å²) >= 11 is 0. The molecule has 35 heavy (non-hydrogen) atoms. The van der Waals surface area contributed by atoms with Gasteiger partial charge in [0, 0.05) is 19.8 Å². The standard InChI is InChI=1S/C23H23N5O6S/c1-3-28(2)22(30)15-34-23(31)19-14-17(9-12-20(19)29)26-25-16-7-10-18(11-8-16)35(32,33)27-21-6-4-5-13-24-21/h4-14,29H,3,15H2,1-2H3,(H,24,27). The predicted molar refractivity (Wildman–Crippen MR) is 127 cm³/mol. The molecule has 182 valence electrons. The Morgan fingerprint density at radius 3 is 2.40 bits per heavy atom. The van der Waals surface area contributed by atoms with Gasteiger partial charge < -0.3 is 14.7 Å². The number of rotatable bonds is 9. The summed E-state index contributed by atoms with van der Waals surface area (Å²) in [6.07, 6.45) is 1.47. The second-order valence-electron chi connectivity index (χ2n) is 7.20. The van der Waals surface area contributed by atoms with Gasteiger partial charge in [-0.25, -0.2) is 18.2 Å². The number of azo groups is 1. The van der Waals surface area contributed by atoms with Gasteiger partial charge in [-0.1, -0.05) is 6.07 Å². The van der Waals surface area contributed by atoms with E-state index in [0.29, 0.717) is 12.2 Å². The number of carbonyl (C=O) groups excluding carboxylic acids is 2. The molecule has 0 saturated carbocycles. The number of aromatic hydroxyl groups is 1. The van der Waals surface area contributed by atoms with Crippen molar-refractivity contribution in [1.82, 2.24) is 9.88 Å². The third-order valence-electron chi connectivity index (χ3n) is 4.76. The van der Waals surface area contributed by atoms with E-state index >= 15 is 0 Å². The molecule has 2 aromatic carbocycles. The Kier molecular flexibility index (Phi) is 8.10. The van der Waals surface area contributed by atoms with Crippen LogP contribution in [0.4, 0.5) is 17.2 Å². The van der Waals surface area contributed by atoms with Crippen LogP contribution in [0.15, 0.2) is 82.0 Å². The maximum absolute atomic E-state index is 12.5. The minimum atomic E-state index is -3.83. The molecule has 2 N–H and O–H groups in total. The van der Waals surface area contributed by atoms with Crippen molar-refractivity contribution in [3.63, 3.8) is 0 Å². The summed E-state index contributed by atoms with van der Waals surface area (Å²) in [6.45, 7) is 1.79. The van der Waals surface area contributed by atoms with Crippen LogP contribution in [0.3, 0.4) is 0 Å². The van der Waals surface area contributed by atoms with Crippen molar-refractivity contribution in [1.29, 1.82) is 0 Å². The van der Waals surface area contributed by atoms with E-state index in [1.165, 1.54) is 59.6 Å². The van der Waals surface area contributed by atoms with Crippen LogP contribution in [-0.2, 0) is 19.6 Å². The van der Waals surface area contributed by atoms with Crippen molar-refractivity contribution >= 4 is 39.1 Å². The summed E-state index contributed by atoms with van der Waals surface area (Å²) in [5, 5.41) is 18.0. The molecule has 11 nitrogen and oxygen atoms in total. The second kappa shape index (κ2) is 11.2. The SMILES string of the molecule is CCN(C)C(=O)COC(=O)c1cc(N=Nc2ccc(S(=O)(=O)Nc3ccccn3)cc2)ccc1O. The molecule has 0 bridgehead atoms. The molecule has 1 heterocycles. The first-order chi connectivity index (χ1) is 16.7. The highest BCUT2D eigenvalue weighted by atomic mass is 32.2. The number of hydrogen-bond acceptors (Lipinski definition) is 9. The summed E-state index contributed by atoms with van der Waals surface area (Å²) in [7, 11) is -2.25. The first kappa shape index (κ1) is 25.3. The van der Waals surface area contributed by atoms with Crippen LogP contribution in [0, 0.1) is 0 Å². The number of nitrogens with zero attached hydrogens (tertiary/aromatic N) is 4. The molecule has 0 radical (unpaired) electrons. The molecule has 0 aliphatic heterocycles. The van der Waals surface area contributed by atoms with Crippen LogP contribution in [0.25, 0.3) is 0 Å². The smallest absolute Gasteiger partial charge is 0.342 e. The summed E-state index contributed by atoms with van der Waals surface area (Å²) < 4.78 is 32.3. The third kappa shape index (κ3) is 6.84. The highest BCUT2D eigenvalue weighted by molar-refractivity contribution is 7.92. The minimum absolute atomic E-state index is 0.0139. The van der Waals surface area contributed by atoms with Gasteiger partial charge in [-0.15, -0.1) is 0 Å². The van der Waals surface area contributed by atoms with Crippen molar-refractivity contribution in [2.24, 2.45) is 10.2 Å². The zero-order valence-corrected chi connectivity index (χ0v) is 19.8. The lowest BCUT2D eigenvalue weighted by molar-refractivity contribution is -0.133. The average molecular weight is 498 g/mol. The van der Waals surface area contributed by atoms with E-state index < -0.39 is 22.6 Å². The Balaban J connectivity index is 1.68. The van der Waals surface area contributed by atoms with Crippen molar-refractivity contribution in [3.05, 3.63) is 72.4 Å². The van der Waals surface area contributed by atoms with Crippen LogP contribution in [0.5, 0.6) is 5.75 Å². The molecule has 0 aliphatic rings. The van der Waals surface area contributed by atoms with Crippen molar-refractivity contribution in [3.8, 4) is 5.75 Å². The number of amides is 1. The van der Waals surface area contributed by atoms with Gasteiger partial charge >= 0.3 is 5.97 Å². The van der Waals surface area contributed by atoms with Gasteiger partial charge in [-0.05, 0) is 61.5 Å². The van der Waals surface area contributed by atoms with Crippen LogP contribution in [0.2, 0.25) is 0 Å². The maximum Gasteiger partial charge on any atom is 0.342 e. The fraction of sp³-hybridized carbons (Fsp3) is 0.174. The topological polar surface area (TPSA) is 151 Å². The van der Waals surface area contributed by atoms with E-state index in [4.69, 9.17) is 4.74 Å². The number of benzene rings is 2. The summed E-state index contributed by atoms with van der Waals surface area (Å²) in [6, 6.07) is 14.5. The number of ether oxygens (including phenoxy) is 1. The number of hydrogen-bond donors (Lipinski definition) is 2. The van der Waals surface area contributed by atoms with Crippen LogP contribution in [0.1, 0.15) is 17.3 Å². The number of likely N-dealkylation sites (N-methyl/N-ethyl adjacent to an activating group) is 1. The quantitative estimate of drug-likeness (QED) is 0.338. The van der Waals surface area contributed by atoms with E-state index in [2.05, 4.69) is 19.9 Å². The van der Waals surface area contributed by atoms with Crippen LogP contribution < -0.4 is 4.72 Å². The van der Waals surface area contributed by atoms with E-state index in [-0.39, 0.29) is 33.6 Å². The fourth-order valence-electron chi connectivity index (χ4n) is 2.67. The van der Waals surface area contributed by atoms with Crippen molar-refractivity contribution < 1.29 is 27.9 Å². The van der Waals surface area contributed by atoms with Gasteiger partial charge in [0.15, 0.2) is 6.61 Å². The Hall–Kier alpha value is -4.32.